The molecule has 1 saturated heterocycles. The van der Waals surface area contributed by atoms with Crippen LogP contribution < -0.4 is 25.4 Å². The largest absolute Gasteiger partial charge is 0.508 e. The third kappa shape index (κ3) is 9.53. The molecule has 7 rings (SSSR count). The first kappa shape index (κ1) is 43.6. The van der Waals surface area contributed by atoms with Gasteiger partial charge >= 0.3 is 12.2 Å². The Hall–Kier alpha value is -7.51. The minimum Gasteiger partial charge on any atom is -0.508 e. The van der Waals surface area contributed by atoms with E-state index in [1.807, 2.05) is 13.8 Å². The average molecular weight is 863 g/mol. The molecule has 0 saturated carbocycles. The summed E-state index contributed by atoms with van der Waals surface area (Å²) in [5.41, 5.74) is 2.89. The van der Waals surface area contributed by atoms with E-state index in [-0.39, 0.29) is 78.8 Å². The fourth-order valence-corrected chi connectivity index (χ4v) is 7.26. The van der Waals surface area contributed by atoms with Crippen molar-refractivity contribution < 1.29 is 53.5 Å². The number of hydrogen-bond acceptors (Lipinski definition) is 14. The van der Waals surface area contributed by atoms with Crippen LogP contribution in [0.25, 0.3) is 17.1 Å². The van der Waals surface area contributed by atoms with Gasteiger partial charge in [-0.15, -0.1) is 10.2 Å². The van der Waals surface area contributed by atoms with E-state index in [0.29, 0.717) is 46.1 Å². The van der Waals surface area contributed by atoms with Crippen molar-refractivity contribution in [2.24, 2.45) is 0 Å². The number of benzene rings is 4. The van der Waals surface area contributed by atoms with E-state index in [0.717, 1.165) is 0 Å². The van der Waals surface area contributed by atoms with E-state index < -0.39 is 36.3 Å². The summed E-state index contributed by atoms with van der Waals surface area (Å²) < 4.78 is 18.3. The molecule has 5 amide bonds. The Balaban J connectivity index is 0.919. The molecule has 4 aromatic carbocycles. The molecule has 0 bridgehead atoms. The maximum atomic E-state index is 13.0. The van der Waals surface area contributed by atoms with E-state index in [4.69, 9.17) is 14.2 Å². The number of ether oxygens (including phenoxy) is 3. The van der Waals surface area contributed by atoms with Crippen molar-refractivity contribution in [3.63, 3.8) is 0 Å². The Bertz CT molecular complexity index is 2540. The normalized spacial score (nSPS) is 16.0. The summed E-state index contributed by atoms with van der Waals surface area (Å²) >= 11 is 0. The molecular formula is C44H46N8O11. The SMILES string of the molecule is CCNC(=O)c1nnc(-c2cc(C(C)C)c(O)cc2O)n1-c1ccc(Oc2ccc(OC(=O)N(C)CCOC(=O)Nc3cccc4c3CN(C3CCC(=O)NC3=O)C4O)cc2)cc1. The predicted octanol–water partition coefficient (Wildman–Crippen LogP) is 5.30. The minimum atomic E-state index is -1.10. The van der Waals surface area contributed by atoms with Gasteiger partial charge in [0.2, 0.25) is 17.6 Å². The minimum absolute atomic E-state index is 0.00876. The lowest BCUT2D eigenvalue weighted by atomic mass is 9.98. The Morgan fingerprint density at radius 2 is 1.65 bits per heavy atom. The van der Waals surface area contributed by atoms with Crippen LogP contribution in [0.3, 0.4) is 0 Å². The molecule has 2 aliphatic heterocycles. The van der Waals surface area contributed by atoms with E-state index in [2.05, 4.69) is 26.1 Å². The van der Waals surface area contributed by atoms with Gasteiger partial charge in [-0.05, 0) is 91.1 Å². The number of carbonyl (C=O) groups excluding carboxylic acids is 5. The van der Waals surface area contributed by atoms with Crippen molar-refractivity contribution in [3.8, 4) is 45.8 Å². The Morgan fingerprint density at radius 3 is 2.33 bits per heavy atom. The Kier molecular flexibility index (Phi) is 12.9. The molecule has 2 atom stereocenters. The molecule has 2 unspecified atom stereocenters. The molecule has 19 nitrogen and oxygen atoms in total. The number of carbonyl (C=O) groups is 5. The van der Waals surface area contributed by atoms with E-state index in [1.165, 1.54) is 22.6 Å². The summed E-state index contributed by atoms with van der Waals surface area (Å²) in [7, 11) is 1.48. The summed E-state index contributed by atoms with van der Waals surface area (Å²) in [6.07, 6.45) is -2.16. The molecule has 2 aliphatic rings. The fraction of sp³-hybridized carbons (Fsp3) is 0.295. The predicted molar refractivity (Wildman–Crippen MR) is 225 cm³/mol. The first-order valence-corrected chi connectivity index (χ1v) is 20.2. The van der Waals surface area contributed by atoms with Crippen LogP contribution in [0, 0.1) is 0 Å². The van der Waals surface area contributed by atoms with Gasteiger partial charge < -0.3 is 39.7 Å². The average Bonchev–Trinajstić information content (AvgIpc) is 3.84. The standard InChI is InChI=1S/C44H46N8O11/c1-5-45-41(57)39-49-48-38(31-21-30(24(2)3)35(53)22-36(31)54)52(39)25-9-11-26(12-10-25)62-27-13-15-28(16-14-27)63-44(60)50(4)19-20-61-43(59)46-33-8-6-7-29-32(33)23-51(42(29)58)34-17-18-37(55)47-40(34)56/h6-16,21-22,24,34,42,53-54,58H,5,17-20,23H2,1-4H3,(H,45,57)(H,46,59)(H,47,55,56). The van der Waals surface area contributed by atoms with Crippen LogP contribution in [0.2, 0.25) is 0 Å². The second-order valence-corrected chi connectivity index (χ2v) is 15.1. The Labute approximate surface area is 361 Å². The molecule has 3 heterocycles. The van der Waals surface area contributed by atoms with Crippen molar-refractivity contribution >= 4 is 35.6 Å². The summed E-state index contributed by atoms with van der Waals surface area (Å²) in [6.45, 7) is 5.94. The van der Waals surface area contributed by atoms with E-state index in [1.54, 1.807) is 84.6 Å². The quantitative estimate of drug-likeness (QED) is 0.0823. The second kappa shape index (κ2) is 18.6. The monoisotopic (exact) mass is 862 g/mol. The maximum Gasteiger partial charge on any atom is 0.415 e. The number of rotatable bonds is 13. The highest BCUT2D eigenvalue weighted by Crippen LogP contribution is 2.40. The molecule has 1 aromatic heterocycles. The van der Waals surface area contributed by atoms with Gasteiger partial charge in [-0.2, -0.15) is 0 Å². The Morgan fingerprint density at radius 1 is 0.952 bits per heavy atom. The van der Waals surface area contributed by atoms with Crippen LogP contribution in [-0.2, 0) is 20.9 Å². The highest BCUT2D eigenvalue weighted by Gasteiger charge is 2.40. The van der Waals surface area contributed by atoms with Crippen molar-refractivity contribution in [2.75, 3.05) is 32.1 Å². The van der Waals surface area contributed by atoms with E-state index in [9.17, 15) is 39.3 Å². The molecule has 328 valence electrons. The van der Waals surface area contributed by atoms with Gasteiger partial charge in [-0.1, -0.05) is 26.0 Å². The third-order valence-electron chi connectivity index (χ3n) is 10.5. The topological polar surface area (TPSA) is 247 Å². The zero-order chi connectivity index (χ0) is 44.9. The summed E-state index contributed by atoms with van der Waals surface area (Å²) in [6, 6.07) is 20.2. The number of phenolic OH excluding ortho intramolecular Hbond substituents is 2. The number of aromatic nitrogens is 3. The fourth-order valence-electron chi connectivity index (χ4n) is 7.26. The van der Waals surface area contributed by atoms with Crippen molar-refractivity contribution in [3.05, 3.63) is 101 Å². The molecule has 19 heteroatoms. The number of amides is 5. The number of anilines is 1. The number of fused-ring (bicyclic) bond motifs is 1. The van der Waals surface area contributed by atoms with Gasteiger partial charge in [0, 0.05) is 49.6 Å². The van der Waals surface area contributed by atoms with Crippen LogP contribution in [0.5, 0.6) is 28.7 Å². The number of nitrogens with zero attached hydrogens (tertiary/aromatic N) is 5. The van der Waals surface area contributed by atoms with Crippen molar-refractivity contribution in [1.29, 1.82) is 0 Å². The lowest BCUT2D eigenvalue weighted by Gasteiger charge is -2.31. The third-order valence-corrected chi connectivity index (χ3v) is 10.5. The van der Waals surface area contributed by atoms with Crippen LogP contribution in [0.4, 0.5) is 15.3 Å². The lowest BCUT2D eigenvalue weighted by Crippen LogP contribution is -2.51. The number of nitrogens with one attached hydrogen (secondary N) is 3. The van der Waals surface area contributed by atoms with Gasteiger partial charge in [-0.3, -0.25) is 34.5 Å². The zero-order valence-electron chi connectivity index (χ0n) is 34.8. The van der Waals surface area contributed by atoms with Crippen LogP contribution in [0.1, 0.15) is 73.1 Å². The summed E-state index contributed by atoms with van der Waals surface area (Å²) in [5.74, 6) is -0.389. The van der Waals surface area contributed by atoms with Crippen molar-refractivity contribution in [1.82, 2.24) is 35.2 Å². The number of piperidine rings is 1. The molecule has 1 fully saturated rings. The van der Waals surface area contributed by atoms with Crippen LogP contribution >= 0.6 is 0 Å². The maximum absolute atomic E-state index is 13.0. The molecule has 0 spiro atoms. The smallest absolute Gasteiger partial charge is 0.415 e. The number of aromatic hydroxyl groups is 2. The zero-order valence-corrected chi connectivity index (χ0v) is 34.8. The molecule has 0 aliphatic carbocycles. The van der Waals surface area contributed by atoms with Gasteiger partial charge in [0.1, 0.15) is 41.6 Å². The molecular weight excluding hydrogens is 817 g/mol. The number of hydrogen-bond donors (Lipinski definition) is 6. The highest BCUT2D eigenvalue weighted by atomic mass is 16.6. The first-order chi connectivity index (χ1) is 30.2. The molecule has 63 heavy (non-hydrogen) atoms. The van der Waals surface area contributed by atoms with Gasteiger partial charge in [0.05, 0.1) is 18.2 Å². The molecule has 0 radical (unpaired) electrons. The van der Waals surface area contributed by atoms with Gasteiger partial charge in [0.25, 0.3) is 5.91 Å². The van der Waals surface area contributed by atoms with Gasteiger partial charge in [0.15, 0.2) is 5.82 Å². The summed E-state index contributed by atoms with van der Waals surface area (Å²) in [5, 5.41) is 48.2. The van der Waals surface area contributed by atoms with Crippen LogP contribution in [-0.4, -0.2) is 103 Å². The molecule has 5 aromatic rings. The number of aliphatic hydroxyl groups excluding tert-OH is 1. The molecule has 6 N–H and O–H groups in total. The second-order valence-electron chi connectivity index (χ2n) is 15.1. The number of phenols is 2. The lowest BCUT2D eigenvalue weighted by molar-refractivity contribution is -0.141. The summed E-state index contributed by atoms with van der Waals surface area (Å²) in [4.78, 5) is 65.4. The van der Waals surface area contributed by atoms with Crippen LogP contribution in [0.15, 0.2) is 78.9 Å². The number of likely N-dealkylation sites (N-methyl/N-ethyl adjacent to an activating group) is 1. The van der Waals surface area contributed by atoms with Gasteiger partial charge in [-0.25, -0.2) is 9.59 Å². The highest BCUT2D eigenvalue weighted by molar-refractivity contribution is 6.00. The van der Waals surface area contributed by atoms with E-state index >= 15 is 0 Å². The first-order valence-electron chi connectivity index (χ1n) is 20.2. The van der Waals surface area contributed by atoms with Crippen molar-refractivity contribution in [2.45, 2.75) is 58.3 Å². The number of imide groups is 1. The number of aliphatic hydroxyl groups is 1.